The smallest absolute Gasteiger partial charge is 0.195 e. The Morgan fingerprint density at radius 3 is 1.37 bits per heavy atom. The van der Waals surface area contributed by atoms with Gasteiger partial charge in [0.2, 0.25) is 0 Å². The minimum atomic E-state index is -0.137. The highest BCUT2D eigenvalue weighted by Crippen LogP contribution is 2.41. The van der Waals surface area contributed by atoms with Crippen LogP contribution in [0.15, 0.2) is 109 Å². The standard InChI is InChI=1S/C33H22Cl2N2O/c34-21-11-15-29(36)27(17-21)25-13-9-19-5-1-3-7-23(19)31(25)33(38)32-24-8-4-2-6-20(24)10-14-26(32)28-18-22(35)12-16-30(28)37/h1-18H,36-37H2. The van der Waals surface area contributed by atoms with E-state index in [0.29, 0.717) is 54.8 Å². The molecule has 6 rings (SSSR count). The van der Waals surface area contributed by atoms with Crippen LogP contribution in [0.5, 0.6) is 0 Å². The predicted octanol–water partition coefficient (Wildman–Crippen LogP) is 9.03. The van der Waals surface area contributed by atoms with Gasteiger partial charge in [0.1, 0.15) is 0 Å². The van der Waals surface area contributed by atoms with Gasteiger partial charge in [0.25, 0.3) is 0 Å². The molecule has 4 N–H and O–H groups in total. The van der Waals surface area contributed by atoms with E-state index in [2.05, 4.69) is 0 Å². The third-order valence-corrected chi connectivity index (χ3v) is 7.39. The van der Waals surface area contributed by atoms with E-state index in [0.717, 1.165) is 21.5 Å². The summed E-state index contributed by atoms with van der Waals surface area (Å²) >= 11 is 12.8. The molecule has 184 valence electrons. The molecule has 0 fully saturated rings. The molecule has 3 nitrogen and oxygen atoms in total. The molecule has 5 heteroatoms. The normalized spacial score (nSPS) is 11.2. The molecule has 6 aromatic carbocycles. The minimum absolute atomic E-state index is 0.137. The number of hydrogen-bond acceptors (Lipinski definition) is 3. The monoisotopic (exact) mass is 532 g/mol. The van der Waals surface area contributed by atoms with Crippen molar-refractivity contribution < 1.29 is 4.79 Å². The van der Waals surface area contributed by atoms with Crippen LogP contribution < -0.4 is 11.5 Å². The zero-order valence-electron chi connectivity index (χ0n) is 20.2. The van der Waals surface area contributed by atoms with Gasteiger partial charge < -0.3 is 11.5 Å². The molecular weight excluding hydrogens is 511 g/mol. The van der Waals surface area contributed by atoms with E-state index in [1.807, 2.05) is 72.8 Å². The lowest BCUT2D eigenvalue weighted by molar-refractivity contribution is 0.104. The summed E-state index contributed by atoms with van der Waals surface area (Å²) in [7, 11) is 0. The highest BCUT2D eigenvalue weighted by Gasteiger charge is 2.25. The summed E-state index contributed by atoms with van der Waals surface area (Å²) in [5.41, 5.74) is 17.9. The Kier molecular flexibility index (Phi) is 6.03. The van der Waals surface area contributed by atoms with Crippen LogP contribution in [0.1, 0.15) is 15.9 Å². The number of nitrogens with two attached hydrogens (primary N) is 2. The van der Waals surface area contributed by atoms with Crippen LogP contribution in [0.2, 0.25) is 10.0 Å². The summed E-state index contributed by atoms with van der Waals surface area (Å²) in [5.74, 6) is -0.137. The molecule has 38 heavy (non-hydrogen) atoms. The quantitative estimate of drug-likeness (QED) is 0.175. The van der Waals surface area contributed by atoms with Gasteiger partial charge in [-0.3, -0.25) is 4.79 Å². The predicted molar refractivity (Wildman–Crippen MR) is 161 cm³/mol. The first-order chi connectivity index (χ1) is 18.4. The molecule has 0 aliphatic rings. The number of carbonyl (C=O) groups is 1. The van der Waals surface area contributed by atoms with Crippen molar-refractivity contribution in [1.82, 2.24) is 0 Å². The Hall–Kier alpha value is -4.31. The number of carbonyl (C=O) groups excluding carboxylic acids is 1. The maximum absolute atomic E-state index is 14.9. The number of rotatable bonds is 4. The Bertz CT molecular complexity index is 1760. The summed E-state index contributed by atoms with van der Waals surface area (Å²) in [5, 5.41) is 4.63. The van der Waals surface area contributed by atoms with Gasteiger partial charge in [-0.1, -0.05) is 96.0 Å². The Labute approximate surface area is 230 Å². The lowest BCUT2D eigenvalue weighted by Crippen LogP contribution is -2.09. The Morgan fingerprint density at radius 2 is 0.921 bits per heavy atom. The molecule has 0 spiro atoms. The summed E-state index contributed by atoms with van der Waals surface area (Å²) in [4.78, 5) is 14.9. The molecule has 6 aromatic rings. The third-order valence-electron chi connectivity index (χ3n) is 6.92. The highest BCUT2D eigenvalue weighted by atomic mass is 35.5. The Morgan fingerprint density at radius 1 is 0.500 bits per heavy atom. The molecule has 0 unspecified atom stereocenters. The summed E-state index contributed by atoms with van der Waals surface area (Å²) < 4.78 is 0. The van der Waals surface area contributed by atoms with Crippen LogP contribution in [0, 0.1) is 0 Å². The van der Waals surface area contributed by atoms with Crippen molar-refractivity contribution >= 4 is 61.9 Å². The maximum atomic E-state index is 14.9. The highest BCUT2D eigenvalue weighted by molar-refractivity contribution is 6.32. The second-order valence-electron chi connectivity index (χ2n) is 9.21. The molecule has 0 atom stereocenters. The largest absolute Gasteiger partial charge is 0.398 e. The van der Waals surface area contributed by atoms with Crippen molar-refractivity contribution in [3.63, 3.8) is 0 Å². The first-order valence-corrected chi connectivity index (χ1v) is 12.9. The Balaban J connectivity index is 1.73. The molecule has 0 saturated carbocycles. The topological polar surface area (TPSA) is 69.1 Å². The number of hydrogen-bond donors (Lipinski definition) is 2. The van der Waals surface area contributed by atoms with E-state index in [4.69, 9.17) is 34.7 Å². The van der Waals surface area contributed by atoms with Gasteiger partial charge in [0.15, 0.2) is 5.78 Å². The zero-order valence-corrected chi connectivity index (χ0v) is 21.7. The number of fused-ring (bicyclic) bond motifs is 2. The molecule has 0 aliphatic heterocycles. The second-order valence-corrected chi connectivity index (χ2v) is 10.1. The average Bonchev–Trinajstić information content (AvgIpc) is 2.94. The second kappa shape index (κ2) is 9.53. The van der Waals surface area contributed by atoms with Crippen molar-refractivity contribution in [2.24, 2.45) is 0 Å². The lowest BCUT2D eigenvalue weighted by Gasteiger charge is -2.19. The van der Waals surface area contributed by atoms with Crippen molar-refractivity contribution in [2.45, 2.75) is 0 Å². The van der Waals surface area contributed by atoms with Crippen LogP contribution in [0.25, 0.3) is 43.8 Å². The molecular formula is C33H22Cl2N2O. The van der Waals surface area contributed by atoms with E-state index in [9.17, 15) is 4.79 Å². The zero-order chi connectivity index (χ0) is 26.4. The lowest BCUT2D eigenvalue weighted by atomic mass is 9.84. The van der Waals surface area contributed by atoms with E-state index in [1.165, 1.54) is 0 Å². The van der Waals surface area contributed by atoms with Crippen molar-refractivity contribution in [3.05, 3.63) is 130 Å². The van der Waals surface area contributed by atoms with Crippen molar-refractivity contribution in [1.29, 1.82) is 0 Å². The summed E-state index contributed by atoms with van der Waals surface area (Å²) in [6.07, 6.45) is 0. The van der Waals surface area contributed by atoms with Crippen molar-refractivity contribution in [2.75, 3.05) is 11.5 Å². The number of halogens is 2. The van der Waals surface area contributed by atoms with Crippen LogP contribution >= 0.6 is 23.2 Å². The van der Waals surface area contributed by atoms with E-state index in [1.54, 1.807) is 36.4 Å². The molecule has 0 saturated heterocycles. The molecule has 0 radical (unpaired) electrons. The molecule has 0 amide bonds. The van der Waals surface area contributed by atoms with Gasteiger partial charge in [0, 0.05) is 43.7 Å². The van der Waals surface area contributed by atoms with Gasteiger partial charge in [-0.25, -0.2) is 0 Å². The van der Waals surface area contributed by atoms with Gasteiger partial charge in [0.05, 0.1) is 0 Å². The average molecular weight is 533 g/mol. The fourth-order valence-corrected chi connectivity index (χ4v) is 5.47. The number of ketones is 1. The first-order valence-electron chi connectivity index (χ1n) is 12.1. The molecule has 0 aromatic heterocycles. The molecule has 0 heterocycles. The van der Waals surface area contributed by atoms with Gasteiger partial charge in [-0.15, -0.1) is 0 Å². The molecule has 0 bridgehead atoms. The first kappa shape index (κ1) is 24.1. The third kappa shape index (κ3) is 4.06. The maximum Gasteiger partial charge on any atom is 0.195 e. The fourth-order valence-electron chi connectivity index (χ4n) is 5.13. The van der Waals surface area contributed by atoms with Crippen LogP contribution in [0.3, 0.4) is 0 Å². The summed E-state index contributed by atoms with van der Waals surface area (Å²) in [6.45, 7) is 0. The molecule has 0 aliphatic carbocycles. The minimum Gasteiger partial charge on any atom is -0.398 e. The van der Waals surface area contributed by atoms with E-state index >= 15 is 0 Å². The van der Waals surface area contributed by atoms with Crippen LogP contribution in [-0.4, -0.2) is 5.78 Å². The SMILES string of the molecule is Nc1ccc(Cl)cc1-c1ccc2ccccc2c1C(=O)c1c(-c2cc(Cl)ccc2N)ccc2ccccc12. The number of benzene rings is 6. The van der Waals surface area contributed by atoms with E-state index < -0.39 is 0 Å². The van der Waals surface area contributed by atoms with Crippen LogP contribution in [0.4, 0.5) is 11.4 Å². The van der Waals surface area contributed by atoms with Gasteiger partial charge in [-0.2, -0.15) is 0 Å². The number of anilines is 2. The number of nitrogen functional groups attached to an aromatic ring is 2. The fraction of sp³-hybridized carbons (Fsp3) is 0. The van der Waals surface area contributed by atoms with Crippen molar-refractivity contribution in [3.8, 4) is 22.3 Å². The van der Waals surface area contributed by atoms with Crippen LogP contribution in [-0.2, 0) is 0 Å². The summed E-state index contributed by atoms with van der Waals surface area (Å²) in [6, 6.07) is 34.2. The van der Waals surface area contributed by atoms with Gasteiger partial charge >= 0.3 is 0 Å². The van der Waals surface area contributed by atoms with E-state index in [-0.39, 0.29) is 5.78 Å². The van der Waals surface area contributed by atoms with Gasteiger partial charge in [-0.05, 0) is 69.1 Å².